The van der Waals surface area contributed by atoms with Crippen LogP contribution in [0.1, 0.15) is 33.6 Å². The molecule has 6 heteroatoms. The minimum atomic E-state index is -0.243. The second-order valence-electron chi connectivity index (χ2n) is 6.69. The molecule has 0 radical (unpaired) electrons. The van der Waals surface area contributed by atoms with Gasteiger partial charge in [-0.05, 0) is 55.7 Å². The van der Waals surface area contributed by atoms with Crippen LogP contribution in [0.4, 0.5) is 5.69 Å². The maximum absolute atomic E-state index is 12.5. The predicted octanol–water partition coefficient (Wildman–Crippen LogP) is 2.09. The zero-order chi connectivity index (χ0) is 19.6. The van der Waals surface area contributed by atoms with Gasteiger partial charge in [-0.3, -0.25) is 14.4 Å². The van der Waals surface area contributed by atoms with E-state index in [0.29, 0.717) is 17.7 Å². The van der Waals surface area contributed by atoms with Crippen LogP contribution in [0.5, 0.6) is 0 Å². The smallest absolute Gasteiger partial charge is 0.255 e. The molecule has 0 saturated heterocycles. The second kappa shape index (κ2) is 7.61. The summed E-state index contributed by atoms with van der Waals surface area (Å²) >= 11 is 0. The molecule has 1 aliphatic rings. The maximum Gasteiger partial charge on any atom is 0.255 e. The number of aromatic nitrogens is 1. The fourth-order valence-corrected chi connectivity index (χ4v) is 3.27. The highest BCUT2D eigenvalue weighted by atomic mass is 16.2. The lowest BCUT2D eigenvalue weighted by molar-refractivity contribution is -0.114. The second-order valence-corrected chi connectivity index (χ2v) is 6.69. The van der Waals surface area contributed by atoms with Crippen molar-refractivity contribution in [2.45, 2.75) is 26.3 Å². The third kappa shape index (κ3) is 3.69. The number of fused-ring (bicyclic) bond motifs is 1. The van der Waals surface area contributed by atoms with Gasteiger partial charge in [0.05, 0.1) is 0 Å². The van der Waals surface area contributed by atoms with Gasteiger partial charge in [-0.2, -0.15) is 0 Å². The van der Waals surface area contributed by atoms with Crippen molar-refractivity contribution in [1.29, 1.82) is 0 Å². The first-order chi connectivity index (χ1) is 12.9. The Balaban J connectivity index is 1.77. The van der Waals surface area contributed by atoms with Crippen molar-refractivity contribution in [3.8, 4) is 0 Å². The highest BCUT2D eigenvalue weighted by Crippen LogP contribution is 2.28. The number of nitrogens with zero attached hydrogens (tertiary/aromatic N) is 2. The first-order valence-corrected chi connectivity index (χ1v) is 8.93. The van der Waals surface area contributed by atoms with Gasteiger partial charge in [0.1, 0.15) is 0 Å². The minimum Gasteiger partial charge on any atom is -0.348 e. The summed E-state index contributed by atoms with van der Waals surface area (Å²) in [6.45, 7) is 6.23. The molecule has 0 spiro atoms. The number of carbonyl (C=O) groups excluding carboxylic acids is 2. The first-order valence-electron chi connectivity index (χ1n) is 8.93. The minimum absolute atomic E-state index is 0.112. The highest BCUT2D eigenvalue weighted by Gasteiger charge is 2.22. The van der Waals surface area contributed by atoms with Gasteiger partial charge in [0.15, 0.2) is 0 Å². The van der Waals surface area contributed by atoms with Crippen molar-refractivity contribution in [2.75, 3.05) is 11.4 Å². The van der Waals surface area contributed by atoms with Crippen LogP contribution in [0.2, 0.25) is 0 Å². The first kappa shape index (κ1) is 18.6. The summed E-state index contributed by atoms with van der Waals surface area (Å²) in [6.07, 6.45) is 2.96. The number of rotatable bonds is 4. The normalized spacial score (nSPS) is 13.0. The molecule has 0 atom stereocenters. The number of pyridine rings is 1. The van der Waals surface area contributed by atoms with Crippen LogP contribution in [0, 0.1) is 6.92 Å². The Kier molecular flexibility index (Phi) is 5.26. The van der Waals surface area contributed by atoms with E-state index in [4.69, 9.17) is 0 Å². The zero-order valence-electron chi connectivity index (χ0n) is 15.6. The van der Waals surface area contributed by atoms with Crippen molar-refractivity contribution in [2.24, 2.45) is 7.05 Å². The molecule has 1 aromatic carbocycles. The number of hydrogen-bond acceptors (Lipinski definition) is 3. The van der Waals surface area contributed by atoms with E-state index in [-0.39, 0.29) is 23.9 Å². The molecule has 1 aliphatic heterocycles. The molecule has 140 valence electrons. The fourth-order valence-electron chi connectivity index (χ4n) is 3.27. The lowest BCUT2D eigenvalue weighted by Crippen LogP contribution is -2.34. The average molecular weight is 365 g/mol. The lowest BCUT2D eigenvalue weighted by Gasteiger charge is -2.28. The largest absolute Gasteiger partial charge is 0.348 e. The van der Waals surface area contributed by atoms with Crippen LogP contribution in [0.15, 0.2) is 47.8 Å². The molecular weight excluding hydrogens is 342 g/mol. The number of nitrogens with one attached hydrogen (secondary N) is 1. The molecule has 0 saturated carbocycles. The van der Waals surface area contributed by atoms with Crippen LogP contribution in [0.25, 0.3) is 0 Å². The van der Waals surface area contributed by atoms with Crippen molar-refractivity contribution in [3.63, 3.8) is 0 Å². The van der Waals surface area contributed by atoms with E-state index in [0.717, 1.165) is 29.8 Å². The van der Waals surface area contributed by atoms with E-state index in [1.54, 1.807) is 34.7 Å². The van der Waals surface area contributed by atoms with Crippen molar-refractivity contribution in [1.82, 2.24) is 9.88 Å². The summed E-state index contributed by atoms with van der Waals surface area (Å²) in [5, 5.41) is 2.81. The Morgan fingerprint density at radius 1 is 1.26 bits per heavy atom. The zero-order valence-corrected chi connectivity index (χ0v) is 15.6. The lowest BCUT2D eigenvalue weighted by atomic mass is 9.98. The third-order valence-electron chi connectivity index (χ3n) is 4.97. The molecular formula is C21H23N3O3. The maximum atomic E-state index is 12.5. The van der Waals surface area contributed by atoms with E-state index >= 15 is 0 Å². The number of anilines is 1. The van der Waals surface area contributed by atoms with E-state index < -0.39 is 0 Å². The monoisotopic (exact) mass is 365 g/mol. The van der Waals surface area contributed by atoms with Crippen molar-refractivity contribution >= 4 is 17.5 Å². The Labute approximate surface area is 158 Å². The summed E-state index contributed by atoms with van der Waals surface area (Å²) in [6, 6.07) is 8.92. The van der Waals surface area contributed by atoms with Gasteiger partial charge in [-0.15, -0.1) is 0 Å². The topological polar surface area (TPSA) is 71.4 Å². The molecule has 0 unspecified atom stereocenters. The van der Waals surface area contributed by atoms with Crippen LogP contribution < -0.4 is 15.8 Å². The number of benzene rings is 1. The Bertz CT molecular complexity index is 975. The highest BCUT2D eigenvalue weighted by molar-refractivity contribution is 6.02. The van der Waals surface area contributed by atoms with Gasteiger partial charge in [-0.1, -0.05) is 12.6 Å². The van der Waals surface area contributed by atoms with E-state index in [9.17, 15) is 14.4 Å². The Morgan fingerprint density at radius 2 is 2.04 bits per heavy atom. The van der Waals surface area contributed by atoms with Crippen LogP contribution in [-0.2, 0) is 24.8 Å². The molecule has 1 aromatic heterocycles. The Morgan fingerprint density at radius 3 is 2.78 bits per heavy atom. The summed E-state index contributed by atoms with van der Waals surface area (Å²) in [5.41, 5.74) is 3.61. The molecule has 2 heterocycles. The molecule has 0 aliphatic carbocycles. The predicted molar refractivity (Wildman–Crippen MR) is 105 cm³/mol. The van der Waals surface area contributed by atoms with E-state index in [2.05, 4.69) is 11.9 Å². The molecule has 2 amide bonds. The van der Waals surface area contributed by atoms with Crippen LogP contribution >= 0.6 is 0 Å². The quantitative estimate of drug-likeness (QED) is 0.844. The molecule has 2 aromatic rings. The van der Waals surface area contributed by atoms with Gasteiger partial charge in [0.2, 0.25) is 5.91 Å². The third-order valence-corrected chi connectivity index (χ3v) is 4.97. The van der Waals surface area contributed by atoms with Crippen molar-refractivity contribution < 1.29 is 9.59 Å². The number of hydrogen-bond donors (Lipinski definition) is 1. The number of amides is 2. The Hall–Kier alpha value is -3.15. The van der Waals surface area contributed by atoms with Gasteiger partial charge in [-0.25, -0.2) is 0 Å². The molecule has 3 rings (SSSR count). The van der Waals surface area contributed by atoms with Gasteiger partial charge in [0.25, 0.3) is 11.5 Å². The van der Waals surface area contributed by atoms with Crippen LogP contribution in [-0.4, -0.2) is 22.9 Å². The SMILES string of the molecule is C=CC(=O)N1CCCc2cc(C(=O)NCc3ccc(C)n(C)c3=O)ccc21. The average Bonchev–Trinajstić information content (AvgIpc) is 2.69. The van der Waals surface area contributed by atoms with E-state index in [1.807, 2.05) is 19.1 Å². The van der Waals surface area contributed by atoms with E-state index in [1.165, 1.54) is 6.08 Å². The van der Waals surface area contributed by atoms with Gasteiger partial charge < -0.3 is 14.8 Å². The van der Waals surface area contributed by atoms with Gasteiger partial charge in [0, 0.05) is 42.6 Å². The molecule has 0 fully saturated rings. The number of aryl methyl sites for hydroxylation is 2. The molecule has 6 nitrogen and oxygen atoms in total. The standard InChI is InChI=1S/C21H23N3O3/c1-4-19(25)24-11-5-6-15-12-16(9-10-18(15)24)20(26)22-13-17-8-7-14(2)23(3)21(17)27/h4,7-10,12H,1,5-6,11,13H2,2-3H3,(H,22,26). The van der Waals surface area contributed by atoms with Crippen LogP contribution in [0.3, 0.4) is 0 Å². The number of carbonyl (C=O) groups is 2. The van der Waals surface area contributed by atoms with Crippen molar-refractivity contribution in [3.05, 3.63) is 75.7 Å². The summed E-state index contributed by atoms with van der Waals surface area (Å²) in [5.74, 6) is -0.379. The summed E-state index contributed by atoms with van der Waals surface area (Å²) < 4.78 is 1.56. The summed E-state index contributed by atoms with van der Waals surface area (Å²) in [7, 11) is 1.71. The molecule has 0 bridgehead atoms. The fraction of sp³-hybridized carbons (Fsp3) is 0.286. The molecule has 1 N–H and O–H groups in total. The molecule has 27 heavy (non-hydrogen) atoms. The van der Waals surface area contributed by atoms with Gasteiger partial charge >= 0.3 is 0 Å². The summed E-state index contributed by atoms with van der Waals surface area (Å²) in [4.78, 5) is 38.4.